The zero-order valence-electron chi connectivity index (χ0n) is 18.2. The van der Waals surface area contributed by atoms with Gasteiger partial charge in [0.25, 0.3) is 5.91 Å². The van der Waals surface area contributed by atoms with Crippen LogP contribution in [-0.2, 0) is 10.0 Å². The van der Waals surface area contributed by atoms with Crippen LogP contribution in [0.3, 0.4) is 0 Å². The molecule has 0 atom stereocenters. The minimum atomic E-state index is -3.63. The van der Waals surface area contributed by atoms with Crippen LogP contribution >= 0.6 is 0 Å². The largest absolute Gasteiger partial charge is 0.371 e. The third kappa shape index (κ3) is 4.31. The first-order valence-electron chi connectivity index (χ1n) is 10.7. The van der Waals surface area contributed by atoms with Gasteiger partial charge < -0.3 is 14.3 Å². The van der Waals surface area contributed by atoms with Gasteiger partial charge in [-0.3, -0.25) is 4.79 Å². The Balaban J connectivity index is 1.59. The molecule has 2 aromatic rings. The van der Waals surface area contributed by atoms with E-state index < -0.39 is 10.0 Å². The highest BCUT2D eigenvalue weighted by Gasteiger charge is 2.31. The summed E-state index contributed by atoms with van der Waals surface area (Å²) in [6.07, 6.45) is 3.62. The maximum atomic E-state index is 13.5. The van der Waals surface area contributed by atoms with E-state index in [1.165, 1.54) is 18.4 Å². The summed E-state index contributed by atoms with van der Waals surface area (Å²) in [5.74, 6) is 1.26. The van der Waals surface area contributed by atoms with Crippen LogP contribution in [0.4, 0.5) is 5.69 Å². The lowest BCUT2D eigenvalue weighted by Gasteiger charge is -2.32. The maximum Gasteiger partial charge on any atom is 0.256 e. The van der Waals surface area contributed by atoms with E-state index >= 15 is 0 Å². The van der Waals surface area contributed by atoms with Crippen LogP contribution in [0.25, 0.3) is 0 Å². The number of rotatable bonds is 5. The van der Waals surface area contributed by atoms with Crippen LogP contribution in [0.2, 0.25) is 0 Å². The number of aromatic nitrogens is 2. The zero-order valence-corrected chi connectivity index (χ0v) is 19.1. The average molecular weight is 448 g/mol. The minimum Gasteiger partial charge on any atom is -0.371 e. The number of aryl methyl sites for hydroxylation is 1. The molecule has 2 fully saturated rings. The van der Waals surface area contributed by atoms with Gasteiger partial charge in [-0.15, -0.1) is 0 Å². The number of amides is 1. The van der Waals surface area contributed by atoms with E-state index in [0.717, 1.165) is 44.5 Å². The molecule has 0 unspecified atom stereocenters. The van der Waals surface area contributed by atoms with E-state index in [1.807, 2.05) is 0 Å². The van der Waals surface area contributed by atoms with Crippen molar-refractivity contribution in [3.05, 3.63) is 35.5 Å². The van der Waals surface area contributed by atoms with Gasteiger partial charge in [-0.2, -0.15) is 4.98 Å². The molecule has 0 aliphatic carbocycles. The topological polar surface area (TPSA) is 99.8 Å². The lowest BCUT2D eigenvalue weighted by molar-refractivity contribution is 0.0705. The monoisotopic (exact) mass is 447 g/mol. The molecule has 0 radical (unpaired) electrons. The summed E-state index contributed by atoms with van der Waals surface area (Å²) in [4.78, 5) is 22.0. The lowest BCUT2D eigenvalue weighted by atomic mass is 9.96. The van der Waals surface area contributed by atoms with Gasteiger partial charge in [-0.25, -0.2) is 12.7 Å². The van der Waals surface area contributed by atoms with Gasteiger partial charge >= 0.3 is 0 Å². The molecule has 2 aliphatic rings. The van der Waals surface area contributed by atoms with Crippen molar-refractivity contribution in [3.8, 4) is 0 Å². The highest BCUT2D eigenvalue weighted by molar-refractivity contribution is 7.89. The third-order valence-corrected chi connectivity index (χ3v) is 7.91. The summed E-state index contributed by atoms with van der Waals surface area (Å²) < 4.78 is 31.8. The average Bonchev–Trinajstić information content (AvgIpc) is 3.45. The summed E-state index contributed by atoms with van der Waals surface area (Å²) >= 11 is 0. The highest BCUT2D eigenvalue weighted by Crippen LogP contribution is 2.32. The molecule has 4 rings (SSSR count). The number of sulfonamides is 1. The Morgan fingerprint density at radius 1 is 1.13 bits per heavy atom. The van der Waals surface area contributed by atoms with Crippen molar-refractivity contribution in [2.45, 2.75) is 43.4 Å². The molecule has 168 valence electrons. The van der Waals surface area contributed by atoms with Crippen LogP contribution in [0.1, 0.15) is 53.7 Å². The molecular weight excluding hydrogens is 418 g/mol. The summed E-state index contributed by atoms with van der Waals surface area (Å²) in [6.45, 7) is 4.67. The second kappa shape index (κ2) is 8.58. The molecule has 31 heavy (non-hydrogen) atoms. The van der Waals surface area contributed by atoms with Gasteiger partial charge in [-0.1, -0.05) is 5.16 Å². The van der Waals surface area contributed by atoms with Crippen LogP contribution in [-0.4, -0.2) is 73.9 Å². The summed E-state index contributed by atoms with van der Waals surface area (Å²) in [5, 5.41) is 3.86. The molecule has 1 aromatic heterocycles. The number of hydrogen-bond donors (Lipinski definition) is 0. The smallest absolute Gasteiger partial charge is 0.256 e. The number of nitrogens with zero attached hydrogens (tertiary/aromatic N) is 5. The molecular formula is C21H29N5O4S. The Morgan fingerprint density at radius 3 is 2.39 bits per heavy atom. The Morgan fingerprint density at radius 2 is 1.81 bits per heavy atom. The number of piperidine rings is 1. The number of hydrogen-bond acceptors (Lipinski definition) is 7. The van der Waals surface area contributed by atoms with Crippen LogP contribution in [0.5, 0.6) is 0 Å². The van der Waals surface area contributed by atoms with Crippen LogP contribution in [0, 0.1) is 6.92 Å². The second-order valence-electron chi connectivity index (χ2n) is 8.41. The number of carbonyl (C=O) groups is 1. The van der Waals surface area contributed by atoms with E-state index in [2.05, 4.69) is 15.0 Å². The van der Waals surface area contributed by atoms with Crippen molar-refractivity contribution in [2.24, 2.45) is 0 Å². The zero-order chi connectivity index (χ0) is 22.2. The van der Waals surface area contributed by atoms with E-state index in [0.29, 0.717) is 30.4 Å². The summed E-state index contributed by atoms with van der Waals surface area (Å²) in [7, 11) is -0.639. The standard InChI is InChI=1S/C21H29N5O4S/c1-15-22-20(30-23-15)16-8-12-26(13-9-16)21(27)18-14-17(31(28,29)24(2)3)6-7-19(18)25-10-4-5-11-25/h6-7,14,16H,4-5,8-13H2,1-3H3. The van der Waals surface area contributed by atoms with Gasteiger partial charge in [0, 0.05) is 51.9 Å². The second-order valence-corrected chi connectivity index (χ2v) is 10.6. The number of likely N-dealkylation sites (tertiary alicyclic amines) is 1. The van der Waals surface area contributed by atoms with E-state index in [1.54, 1.807) is 30.0 Å². The molecule has 10 heteroatoms. The lowest BCUT2D eigenvalue weighted by Crippen LogP contribution is -2.39. The fraction of sp³-hybridized carbons (Fsp3) is 0.571. The van der Waals surface area contributed by atoms with Crippen molar-refractivity contribution in [3.63, 3.8) is 0 Å². The number of benzene rings is 1. The molecule has 0 bridgehead atoms. The first-order chi connectivity index (χ1) is 14.8. The fourth-order valence-electron chi connectivity index (χ4n) is 4.27. The minimum absolute atomic E-state index is 0.127. The van der Waals surface area contributed by atoms with Crippen molar-refractivity contribution < 1.29 is 17.7 Å². The SMILES string of the molecule is Cc1noc(C2CCN(C(=O)c3cc(S(=O)(=O)N(C)C)ccc3N3CCCC3)CC2)n1. The van der Waals surface area contributed by atoms with Crippen LogP contribution in [0.15, 0.2) is 27.6 Å². The Bertz CT molecular complexity index is 1050. The normalized spacial score (nSPS) is 18.2. The van der Waals surface area contributed by atoms with Crippen molar-refractivity contribution in [2.75, 3.05) is 45.2 Å². The van der Waals surface area contributed by atoms with Gasteiger partial charge in [0.05, 0.1) is 10.5 Å². The van der Waals surface area contributed by atoms with Crippen molar-refractivity contribution in [1.29, 1.82) is 0 Å². The Hall–Kier alpha value is -2.46. The number of carbonyl (C=O) groups excluding carboxylic acids is 1. The van der Waals surface area contributed by atoms with Gasteiger partial charge in [-0.05, 0) is 50.8 Å². The molecule has 2 saturated heterocycles. The predicted molar refractivity (Wildman–Crippen MR) is 116 cm³/mol. The summed E-state index contributed by atoms with van der Waals surface area (Å²) in [6, 6.07) is 4.92. The molecule has 1 aromatic carbocycles. The van der Waals surface area contributed by atoms with Crippen molar-refractivity contribution in [1.82, 2.24) is 19.3 Å². The molecule has 0 spiro atoms. The van der Waals surface area contributed by atoms with E-state index in [-0.39, 0.29) is 16.7 Å². The third-order valence-electron chi connectivity index (χ3n) is 6.10. The maximum absolute atomic E-state index is 13.5. The van der Waals surface area contributed by atoms with E-state index in [4.69, 9.17) is 4.52 Å². The van der Waals surface area contributed by atoms with Crippen LogP contribution < -0.4 is 4.90 Å². The molecule has 1 amide bonds. The molecule has 9 nitrogen and oxygen atoms in total. The molecule has 0 N–H and O–H groups in total. The van der Waals surface area contributed by atoms with Crippen molar-refractivity contribution >= 4 is 21.6 Å². The molecule has 0 saturated carbocycles. The first-order valence-corrected chi connectivity index (χ1v) is 12.1. The Labute approximate surface area is 183 Å². The van der Waals surface area contributed by atoms with Gasteiger partial charge in [0.1, 0.15) is 0 Å². The van der Waals surface area contributed by atoms with Gasteiger partial charge in [0.2, 0.25) is 15.9 Å². The first kappa shape index (κ1) is 21.8. The number of anilines is 1. The fourth-order valence-corrected chi connectivity index (χ4v) is 5.20. The van der Waals surface area contributed by atoms with Gasteiger partial charge in [0.15, 0.2) is 5.82 Å². The van der Waals surface area contributed by atoms with E-state index in [9.17, 15) is 13.2 Å². The molecule has 2 aliphatic heterocycles. The predicted octanol–water partition coefficient (Wildman–Crippen LogP) is 2.25. The Kier molecular flexibility index (Phi) is 6.02. The summed E-state index contributed by atoms with van der Waals surface area (Å²) in [5.41, 5.74) is 1.27. The molecule has 3 heterocycles. The highest BCUT2D eigenvalue weighted by atomic mass is 32.2. The quantitative estimate of drug-likeness (QED) is 0.693.